The average Bonchev–Trinajstić information content (AvgIpc) is 2.93. The van der Waals surface area contributed by atoms with E-state index in [9.17, 15) is 4.79 Å². The van der Waals surface area contributed by atoms with Crippen LogP contribution in [-0.2, 0) is 17.8 Å². The van der Waals surface area contributed by atoms with E-state index in [1.807, 2.05) is 24.3 Å². The van der Waals surface area contributed by atoms with Gasteiger partial charge in [0, 0.05) is 18.7 Å². The SMILES string of the molecule is C=CCOc1ccc2c(c1)CC(CC)(CC(N)=O)N2Cc1ccccc1. The summed E-state index contributed by atoms with van der Waals surface area (Å²) in [6.07, 6.45) is 3.71. The topological polar surface area (TPSA) is 55.6 Å². The molecule has 2 N–H and O–H groups in total. The smallest absolute Gasteiger partial charge is 0.219 e. The zero-order valence-corrected chi connectivity index (χ0v) is 15.3. The summed E-state index contributed by atoms with van der Waals surface area (Å²) >= 11 is 0. The van der Waals surface area contributed by atoms with E-state index in [1.165, 1.54) is 11.1 Å². The van der Waals surface area contributed by atoms with Gasteiger partial charge in [-0.1, -0.05) is 49.9 Å². The maximum atomic E-state index is 11.8. The predicted octanol–water partition coefficient (Wildman–Crippen LogP) is 3.84. The van der Waals surface area contributed by atoms with Crippen LogP contribution in [0.15, 0.2) is 61.2 Å². The number of benzene rings is 2. The van der Waals surface area contributed by atoms with Crippen molar-refractivity contribution in [1.29, 1.82) is 0 Å². The highest BCUT2D eigenvalue weighted by Gasteiger charge is 2.43. The highest BCUT2D eigenvalue weighted by atomic mass is 16.5. The fourth-order valence-corrected chi connectivity index (χ4v) is 3.86. The number of primary amides is 1. The molecule has 2 aromatic rings. The van der Waals surface area contributed by atoms with E-state index in [0.29, 0.717) is 13.0 Å². The Kier molecular flexibility index (Phi) is 5.31. The molecule has 136 valence electrons. The molecule has 4 heteroatoms. The van der Waals surface area contributed by atoms with E-state index in [2.05, 4.69) is 42.7 Å². The number of nitrogens with two attached hydrogens (primary N) is 1. The van der Waals surface area contributed by atoms with Crippen LogP contribution in [0.25, 0.3) is 0 Å². The third kappa shape index (κ3) is 3.59. The van der Waals surface area contributed by atoms with Crippen molar-refractivity contribution in [2.24, 2.45) is 5.73 Å². The molecular formula is C22H26N2O2. The molecule has 0 saturated carbocycles. The molecule has 1 unspecified atom stereocenters. The molecule has 1 aliphatic rings. The Bertz CT molecular complexity index is 788. The molecule has 3 rings (SSSR count). The summed E-state index contributed by atoms with van der Waals surface area (Å²) in [5, 5.41) is 0. The summed E-state index contributed by atoms with van der Waals surface area (Å²) in [6.45, 7) is 7.05. The van der Waals surface area contributed by atoms with Crippen molar-refractivity contribution in [3.63, 3.8) is 0 Å². The van der Waals surface area contributed by atoms with E-state index in [4.69, 9.17) is 10.5 Å². The summed E-state index contributed by atoms with van der Waals surface area (Å²) in [4.78, 5) is 14.2. The maximum Gasteiger partial charge on any atom is 0.219 e. The third-order valence-corrected chi connectivity index (χ3v) is 5.15. The molecule has 1 atom stereocenters. The molecule has 1 heterocycles. The van der Waals surface area contributed by atoms with Gasteiger partial charge in [-0.05, 0) is 42.2 Å². The lowest BCUT2D eigenvalue weighted by Gasteiger charge is -2.39. The number of rotatable bonds is 8. The first-order valence-electron chi connectivity index (χ1n) is 9.04. The van der Waals surface area contributed by atoms with Gasteiger partial charge in [-0.2, -0.15) is 0 Å². The van der Waals surface area contributed by atoms with Crippen LogP contribution in [0.5, 0.6) is 5.75 Å². The van der Waals surface area contributed by atoms with E-state index in [0.717, 1.165) is 30.8 Å². The molecule has 0 aliphatic carbocycles. The summed E-state index contributed by atoms with van der Waals surface area (Å²) in [5.41, 5.74) is 8.90. The fourth-order valence-electron chi connectivity index (χ4n) is 3.86. The monoisotopic (exact) mass is 350 g/mol. The van der Waals surface area contributed by atoms with Gasteiger partial charge in [-0.15, -0.1) is 0 Å². The summed E-state index contributed by atoms with van der Waals surface area (Å²) in [7, 11) is 0. The van der Waals surface area contributed by atoms with Gasteiger partial charge in [0.15, 0.2) is 0 Å². The molecule has 2 aromatic carbocycles. The van der Waals surface area contributed by atoms with Crippen LogP contribution in [0.2, 0.25) is 0 Å². The second-order valence-electron chi connectivity index (χ2n) is 6.86. The quantitative estimate of drug-likeness (QED) is 0.736. The minimum atomic E-state index is -0.291. The number of carbonyl (C=O) groups excluding carboxylic acids is 1. The molecule has 0 spiro atoms. The van der Waals surface area contributed by atoms with E-state index >= 15 is 0 Å². The van der Waals surface area contributed by atoms with Crippen LogP contribution in [0, 0.1) is 0 Å². The molecule has 4 nitrogen and oxygen atoms in total. The van der Waals surface area contributed by atoms with Crippen LogP contribution in [-0.4, -0.2) is 18.1 Å². The molecule has 26 heavy (non-hydrogen) atoms. The van der Waals surface area contributed by atoms with Crippen molar-refractivity contribution in [3.05, 3.63) is 72.3 Å². The second-order valence-corrected chi connectivity index (χ2v) is 6.86. The average molecular weight is 350 g/mol. The number of amides is 1. The first kappa shape index (κ1) is 18.1. The van der Waals surface area contributed by atoms with Crippen LogP contribution in [0.4, 0.5) is 5.69 Å². The van der Waals surface area contributed by atoms with Crippen molar-refractivity contribution in [2.45, 2.75) is 38.3 Å². The maximum absolute atomic E-state index is 11.8. The third-order valence-electron chi connectivity index (χ3n) is 5.15. The molecule has 0 aromatic heterocycles. The lowest BCUT2D eigenvalue weighted by molar-refractivity contribution is -0.119. The van der Waals surface area contributed by atoms with Crippen molar-refractivity contribution in [3.8, 4) is 5.75 Å². The van der Waals surface area contributed by atoms with Crippen molar-refractivity contribution < 1.29 is 9.53 Å². The van der Waals surface area contributed by atoms with Crippen LogP contribution >= 0.6 is 0 Å². The van der Waals surface area contributed by atoms with Gasteiger partial charge in [0.2, 0.25) is 5.91 Å². The molecule has 0 saturated heterocycles. The number of fused-ring (bicyclic) bond motifs is 1. The number of carbonyl (C=O) groups is 1. The Morgan fingerprint density at radius 2 is 2.08 bits per heavy atom. The fraction of sp³-hybridized carbons (Fsp3) is 0.318. The van der Waals surface area contributed by atoms with Crippen LogP contribution in [0.1, 0.15) is 30.9 Å². The summed E-state index contributed by atoms with van der Waals surface area (Å²) < 4.78 is 5.69. The normalized spacial score (nSPS) is 18.4. The molecule has 0 radical (unpaired) electrons. The standard InChI is InChI=1S/C22H26N2O2/c1-3-12-26-19-10-11-20-18(13-19)14-22(4-2,15-21(23)25)24(20)16-17-8-6-5-7-9-17/h3,5-11,13H,1,4,12,14-16H2,2H3,(H2,23,25). The van der Waals surface area contributed by atoms with Crippen LogP contribution in [0.3, 0.4) is 0 Å². The van der Waals surface area contributed by atoms with Gasteiger partial charge >= 0.3 is 0 Å². The van der Waals surface area contributed by atoms with E-state index < -0.39 is 0 Å². The van der Waals surface area contributed by atoms with Gasteiger partial charge < -0.3 is 15.4 Å². The molecule has 1 aliphatic heterocycles. The first-order chi connectivity index (χ1) is 12.6. The van der Waals surface area contributed by atoms with E-state index in [-0.39, 0.29) is 11.4 Å². The Morgan fingerprint density at radius 3 is 2.73 bits per heavy atom. The molecule has 0 fully saturated rings. The lowest BCUT2D eigenvalue weighted by atomic mass is 9.87. The van der Waals surface area contributed by atoms with Gasteiger partial charge in [0.25, 0.3) is 0 Å². The Balaban J connectivity index is 1.98. The second kappa shape index (κ2) is 7.65. The molecule has 1 amide bonds. The predicted molar refractivity (Wildman–Crippen MR) is 105 cm³/mol. The Morgan fingerprint density at radius 1 is 1.31 bits per heavy atom. The Hall–Kier alpha value is -2.75. The number of ether oxygens (including phenoxy) is 1. The van der Waals surface area contributed by atoms with Crippen LogP contribution < -0.4 is 15.4 Å². The number of nitrogens with zero attached hydrogens (tertiary/aromatic N) is 1. The zero-order chi connectivity index (χ0) is 18.6. The van der Waals surface area contributed by atoms with Crippen molar-refractivity contribution in [2.75, 3.05) is 11.5 Å². The number of anilines is 1. The first-order valence-corrected chi connectivity index (χ1v) is 9.04. The zero-order valence-electron chi connectivity index (χ0n) is 15.3. The highest BCUT2D eigenvalue weighted by Crippen LogP contribution is 2.45. The minimum absolute atomic E-state index is 0.263. The van der Waals surface area contributed by atoms with Gasteiger partial charge in [0.05, 0.1) is 5.54 Å². The van der Waals surface area contributed by atoms with E-state index in [1.54, 1.807) is 6.08 Å². The summed E-state index contributed by atoms with van der Waals surface area (Å²) in [5.74, 6) is 0.565. The lowest BCUT2D eigenvalue weighted by Crippen LogP contribution is -2.48. The van der Waals surface area contributed by atoms with Gasteiger partial charge in [0.1, 0.15) is 12.4 Å². The largest absolute Gasteiger partial charge is 0.490 e. The number of hydrogen-bond acceptors (Lipinski definition) is 3. The molecular weight excluding hydrogens is 324 g/mol. The van der Waals surface area contributed by atoms with Crippen molar-refractivity contribution in [1.82, 2.24) is 0 Å². The minimum Gasteiger partial charge on any atom is -0.490 e. The van der Waals surface area contributed by atoms with Crippen molar-refractivity contribution >= 4 is 11.6 Å². The number of hydrogen-bond donors (Lipinski definition) is 1. The summed E-state index contributed by atoms with van der Waals surface area (Å²) in [6, 6.07) is 16.5. The Labute approximate surface area is 155 Å². The highest BCUT2D eigenvalue weighted by molar-refractivity contribution is 5.78. The van der Waals surface area contributed by atoms with Gasteiger partial charge in [-0.25, -0.2) is 0 Å². The molecule has 0 bridgehead atoms. The van der Waals surface area contributed by atoms with Gasteiger partial charge in [-0.3, -0.25) is 4.79 Å².